The highest BCUT2D eigenvalue weighted by atomic mass is 79.9. The van der Waals surface area contributed by atoms with Gasteiger partial charge in [-0.1, -0.05) is 27.5 Å². The van der Waals surface area contributed by atoms with Gasteiger partial charge in [0.25, 0.3) is 0 Å². The summed E-state index contributed by atoms with van der Waals surface area (Å²) in [5.41, 5.74) is 6.76. The van der Waals surface area contributed by atoms with Crippen LogP contribution >= 0.6 is 39.9 Å². The molecular formula is C10H12BrCl2NO. The maximum atomic E-state index is 9.78. The van der Waals surface area contributed by atoms with E-state index in [0.29, 0.717) is 10.9 Å². The van der Waals surface area contributed by atoms with Gasteiger partial charge in [0.15, 0.2) is 0 Å². The molecule has 1 aromatic carbocycles. The fraction of sp³-hybridized carbons (Fsp3) is 0.400. The van der Waals surface area contributed by atoms with Crippen LogP contribution in [-0.2, 0) is 0 Å². The first-order valence-electron chi connectivity index (χ1n) is 4.53. The average Bonchev–Trinajstić information content (AvgIpc) is 2.95. The molecule has 1 aliphatic carbocycles. The van der Waals surface area contributed by atoms with Gasteiger partial charge in [-0.05, 0) is 30.9 Å². The number of hydrogen-bond donors (Lipinski definition) is 2. The number of benzene rings is 1. The molecule has 15 heavy (non-hydrogen) atoms. The van der Waals surface area contributed by atoms with Crippen molar-refractivity contribution in [2.75, 3.05) is 0 Å². The Morgan fingerprint density at radius 3 is 2.60 bits per heavy atom. The Hall–Kier alpha value is 0.0400. The van der Waals surface area contributed by atoms with Gasteiger partial charge in [0.05, 0.1) is 5.02 Å². The van der Waals surface area contributed by atoms with Gasteiger partial charge in [0, 0.05) is 16.1 Å². The largest absolute Gasteiger partial charge is 0.506 e. The van der Waals surface area contributed by atoms with Crippen LogP contribution in [0.3, 0.4) is 0 Å². The summed E-state index contributed by atoms with van der Waals surface area (Å²) in [4.78, 5) is 0. The summed E-state index contributed by atoms with van der Waals surface area (Å²) in [5, 5.41) is 10.1. The van der Waals surface area contributed by atoms with Gasteiger partial charge < -0.3 is 10.8 Å². The maximum Gasteiger partial charge on any atom is 0.140 e. The van der Waals surface area contributed by atoms with Crippen LogP contribution in [0.1, 0.15) is 24.4 Å². The van der Waals surface area contributed by atoms with Gasteiger partial charge in [0.2, 0.25) is 0 Å². The van der Waals surface area contributed by atoms with Crippen molar-refractivity contribution < 1.29 is 5.11 Å². The molecule has 1 aromatic rings. The molecule has 84 valence electrons. The van der Waals surface area contributed by atoms with E-state index in [4.69, 9.17) is 17.3 Å². The van der Waals surface area contributed by atoms with E-state index in [1.54, 1.807) is 6.07 Å². The van der Waals surface area contributed by atoms with Crippen LogP contribution in [0.2, 0.25) is 5.02 Å². The molecule has 0 amide bonds. The minimum atomic E-state index is -0.108. The van der Waals surface area contributed by atoms with Crippen LogP contribution in [0.25, 0.3) is 0 Å². The molecule has 0 spiro atoms. The lowest BCUT2D eigenvalue weighted by atomic mass is 10.0. The van der Waals surface area contributed by atoms with Crippen molar-refractivity contribution >= 4 is 39.9 Å². The SMILES string of the molecule is Cl.N[C@H](c1c(Br)ccc(Cl)c1O)C1CC1. The molecule has 1 aliphatic rings. The molecule has 0 saturated heterocycles. The zero-order chi connectivity index (χ0) is 10.3. The number of phenols is 1. The van der Waals surface area contributed by atoms with Gasteiger partial charge in [-0.15, -0.1) is 12.4 Å². The van der Waals surface area contributed by atoms with Crippen molar-refractivity contribution in [3.8, 4) is 5.75 Å². The predicted molar refractivity (Wildman–Crippen MR) is 67.7 cm³/mol. The summed E-state index contributed by atoms with van der Waals surface area (Å²) in [7, 11) is 0. The summed E-state index contributed by atoms with van der Waals surface area (Å²) < 4.78 is 0.832. The van der Waals surface area contributed by atoms with Gasteiger partial charge in [-0.3, -0.25) is 0 Å². The Balaban J connectivity index is 0.00000112. The summed E-state index contributed by atoms with van der Waals surface area (Å²) >= 11 is 9.21. The van der Waals surface area contributed by atoms with E-state index in [2.05, 4.69) is 15.9 Å². The van der Waals surface area contributed by atoms with Crippen LogP contribution in [0.5, 0.6) is 5.75 Å². The predicted octanol–water partition coefficient (Wildman–Crippen LogP) is 3.64. The molecule has 0 aliphatic heterocycles. The molecule has 0 unspecified atom stereocenters. The Bertz CT molecular complexity index is 369. The van der Waals surface area contributed by atoms with E-state index in [-0.39, 0.29) is 24.2 Å². The van der Waals surface area contributed by atoms with Crippen molar-refractivity contribution in [1.82, 2.24) is 0 Å². The summed E-state index contributed by atoms with van der Waals surface area (Å²) in [6.07, 6.45) is 2.28. The molecule has 1 saturated carbocycles. The Labute approximate surface area is 108 Å². The highest BCUT2D eigenvalue weighted by Crippen LogP contribution is 2.46. The maximum absolute atomic E-state index is 9.78. The van der Waals surface area contributed by atoms with Crippen LogP contribution in [0.15, 0.2) is 16.6 Å². The van der Waals surface area contributed by atoms with E-state index in [1.807, 2.05) is 6.07 Å². The monoisotopic (exact) mass is 311 g/mol. The molecule has 0 heterocycles. The first kappa shape index (κ1) is 13.1. The smallest absolute Gasteiger partial charge is 0.140 e. The van der Waals surface area contributed by atoms with Gasteiger partial charge in [0.1, 0.15) is 5.75 Å². The number of phenolic OH excluding ortho intramolecular Hbond substituents is 1. The van der Waals surface area contributed by atoms with Crippen molar-refractivity contribution in [1.29, 1.82) is 0 Å². The van der Waals surface area contributed by atoms with Crippen molar-refractivity contribution in [3.05, 3.63) is 27.2 Å². The first-order chi connectivity index (χ1) is 6.61. The van der Waals surface area contributed by atoms with Gasteiger partial charge in [-0.2, -0.15) is 0 Å². The number of halogens is 3. The minimum Gasteiger partial charge on any atom is -0.506 e. The van der Waals surface area contributed by atoms with Crippen LogP contribution in [0.4, 0.5) is 0 Å². The molecule has 1 atom stereocenters. The van der Waals surface area contributed by atoms with E-state index >= 15 is 0 Å². The highest BCUT2D eigenvalue weighted by molar-refractivity contribution is 9.10. The van der Waals surface area contributed by atoms with Crippen molar-refractivity contribution in [3.63, 3.8) is 0 Å². The van der Waals surface area contributed by atoms with Gasteiger partial charge in [-0.25, -0.2) is 0 Å². The number of hydrogen-bond acceptors (Lipinski definition) is 2. The number of aromatic hydroxyl groups is 1. The summed E-state index contributed by atoms with van der Waals surface area (Å²) in [6, 6.07) is 3.37. The van der Waals surface area contributed by atoms with E-state index < -0.39 is 0 Å². The third-order valence-corrected chi connectivity index (χ3v) is 3.57. The molecule has 0 bridgehead atoms. The lowest BCUT2D eigenvalue weighted by Gasteiger charge is -2.15. The second-order valence-corrected chi connectivity index (χ2v) is 4.92. The molecule has 3 N–H and O–H groups in total. The lowest BCUT2D eigenvalue weighted by Crippen LogP contribution is -2.13. The molecule has 2 rings (SSSR count). The number of nitrogens with two attached hydrogens (primary N) is 1. The molecule has 0 radical (unpaired) electrons. The Morgan fingerprint density at radius 2 is 2.07 bits per heavy atom. The standard InChI is InChI=1S/C10H11BrClNO.ClH/c11-6-3-4-7(12)10(14)8(6)9(13)5-1-2-5;/h3-5,9,14H,1-2,13H2;1H/t9-;/m0./s1. The molecule has 1 fully saturated rings. The van der Waals surface area contributed by atoms with Crippen LogP contribution in [0, 0.1) is 5.92 Å². The molecule has 2 nitrogen and oxygen atoms in total. The van der Waals surface area contributed by atoms with E-state index in [1.165, 1.54) is 0 Å². The minimum absolute atomic E-state index is 0. The number of rotatable bonds is 2. The average molecular weight is 313 g/mol. The Kier molecular flexibility index (Phi) is 4.29. The molecule has 5 heteroatoms. The van der Waals surface area contributed by atoms with E-state index in [0.717, 1.165) is 22.9 Å². The fourth-order valence-electron chi connectivity index (χ4n) is 1.56. The quantitative estimate of drug-likeness (QED) is 0.875. The normalized spacial score (nSPS) is 17.0. The summed E-state index contributed by atoms with van der Waals surface area (Å²) in [6.45, 7) is 0. The first-order valence-corrected chi connectivity index (χ1v) is 5.71. The second-order valence-electron chi connectivity index (χ2n) is 3.65. The Morgan fingerprint density at radius 1 is 1.47 bits per heavy atom. The topological polar surface area (TPSA) is 46.2 Å². The third-order valence-electron chi connectivity index (χ3n) is 2.58. The molecule has 0 aromatic heterocycles. The second kappa shape index (κ2) is 4.91. The van der Waals surface area contributed by atoms with E-state index in [9.17, 15) is 5.11 Å². The fourth-order valence-corrected chi connectivity index (χ4v) is 2.31. The van der Waals surface area contributed by atoms with Crippen molar-refractivity contribution in [2.24, 2.45) is 11.7 Å². The van der Waals surface area contributed by atoms with Crippen LogP contribution in [-0.4, -0.2) is 5.11 Å². The van der Waals surface area contributed by atoms with Gasteiger partial charge >= 0.3 is 0 Å². The summed E-state index contributed by atoms with van der Waals surface area (Å²) in [5.74, 6) is 0.608. The highest BCUT2D eigenvalue weighted by Gasteiger charge is 2.32. The third kappa shape index (κ3) is 2.59. The van der Waals surface area contributed by atoms with Crippen LogP contribution < -0.4 is 5.73 Å². The zero-order valence-electron chi connectivity index (χ0n) is 7.91. The van der Waals surface area contributed by atoms with Crippen molar-refractivity contribution in [2.45, 2.75) is 18.9 Å². The lowest BCUT2D eigenvalue weighted by molar-refractivity contribution is 0.455. The zero-order valence-corrected chi connectivity index (χ0v) is 11.1. The molecular weight excluding hydrogens is 301 g/mol.